The molecule has 2 heterocycles. The highest BCUT2D eigenvalue weighted by Crippen LogP contribution is 2.37. The second-order valence-corrected chi connectivity index (χ2v) is 3.66. The molecule has 0 saturated heterocycles. The molecule has 0 bridgehead atoms. The van der Waals surface area contributed by atoms with E-state index in [1.807, 2.05) is 0 Å². The minimum atomic E-state index is -1.16. The number of aromatic nitrogens is 2. The van der Waals surface area contributed by atoms with Gasteiger partial charge in [-0.1, -0.05) is 0 Å². The zero-order chi connectivity index (χ0) is 12.7. The Labute approximate surface area is 100.0 Å². The van der Waals surface area contributed by atoms with Crippen molar-refractivity contribution < 1.29 is 23.8 Å². The molecule has 2 aromatic rings. The van der Waals surface area contributed by atoms with Gasteiger partial charge in [-0.25, -0.2) is 9.18 Å². The summed E-state index contributed by atoms with van der Waals surface area (Å²) in [6, 6.07) is 3.87. The number of nitrogens with zero attached hydrogens (tertiary/aromatic N) is 1. The van der Waals surface area contributed by atoms with Crippen molar-refractivity contribution in [2.24, 2.45) is 0 Å². The van der Waals surface area contributed by atoms with Crippen molar-refractivity contribution in [3.63, 3.8) is 0 Å². The largest absolute Gasteiger partial charge is 0.477 e. The van der Waals surface area contributed by atoms with Gasteiger partial charge in [0.25, 0.3) is 0 Å². The van der Waals surface area contributed by atoms with E-state index in [1.165, 1.54) is 18.2 Å². The van der Waals surface area contributed by atoms with Crippen LogP contribution in [0.5, 0.6) is 11.5 Å². The predicted molar refractivity (Wildman–Crippen MR) is 57.1 cm³/mol. The Kier molecular flexibility index (Phi) is 2.19. The quantitative estimate of drug-likeness (QED) is 0.846. The highest BCUT2D eigenvalue weighted by Gasteiger charge is 2.20. The van der Waals surface area contributed by atoms with Gasteiger partial charge in [-0.05, 0) is 12.1 Å². The summed E-state index contributed by atoms with van der Waals surface area (Å²) in [5.41, 5.74) is 0.244. The number of ether oxygens (including phenoxy) is 2. The van der Waals surface area contributed by atoms with Crippen LogP contribution in [0.1, 0.15) is 10.5 Å². The summed E-state index contributed by atoms with van der Waals surface area (Å²) < 4.78 is 24.0. The number of fused-ring (bicyclic) bond motifs is 1. The fourth-order valence-electron chi connectivity index (χ4n) is 1.68. The number of carboxylic acid groups (broad SMARTS) is 1. The predicted octanol–water partition coefficient (Wildman–Crippen LogP) is 1.64. The van der Waals surface area contributed by atoms with Crippen molar-refractivity contribution in [1.29, 1.82) is 0 Å². The molecule has 0 saturated carbocycles. The molecule has 1 aromatic carbocycles. The van der Waals surface area contributed by atoms with Crippen LogP contribution in [0.3, 0.4) is 0 Å². The molecule has 0 unspecified atom stereocenters. The van der Waals surface area contributed by atoms with Crippen molar-refractivity contribution in [2.45, 2.75) is 0 Å². The summed E-state index contributed by atoms with van der Waals surface area (Å²) in [6.07, 6.45) is 0. The number of aromatic amines is 1. The second kappa shape index (κ2) is 3.73. The number of nitrogens with one attached hydrogen (secondary N) is 1. The normalized spacial score (nSPS) is 12.7. The van der Waals surface area contributed by atoms with E-state index >= 15 is 0 Å². The number of benzene rings is 1. The molecule has 0 radical (unpaired) electrons. The lowest BCUT2D eigenvalue weighted by Gasteiger charge is -2.01. The fourth-order valence-corrected chi connectivity index (χ4v) is 1.68. The van der Waals surface area contributed by atoms with Gasteiger partial charge in [-0.15, -0.1) is 0 Å². The van der Waals surface area contributed by atoms with E-state index in [4.69, 9.17) is 14.6 Å². The maximum absolute atomic E-state index is 13.8. The van der Waals surface area contributed by atoms with Crippen LogP contribution in [0.25, 0.3) is 11.3 Å². The maximum atomic E-state index is 13.8. The number of carboxylic acids is 1. The van der Waals surface area contributed by atoms with Crippen molar-refractivity contribution in [1.82, 2.24) is 10.2 Å². The van der Waals surface area contributed by atoms with Gasteiger partial charge in [0.1, 0.15) is 11.5 Å². The molecule has 1 aliphatic rings. The van der Waals surface area contributed by atoms with Gasteiger partial charge in [0.15, 0.2) is 11.5 Å². The highest BCUT2D eigenvalue weighted by molar-refractivity contribution is 5.87. The van der Waals surface area contributed by atoms with Crippen molar-refractivity contribution in [3.05, 3.63) is 29.7 Å². The summed E-state index contributed by atoms with van der Waals surface area (Å²) >= 11 is 0. The number of carbonyl (C=O) groups is 1. The number of H-pyrrole nitrogens is 1. The first kappa shape index (κ1) is 10.6. The molecule has 92 valence electrons. The lowest BCUT2D eigenvalue weighted by atomic mass is 10.1. The Balaban J connectivity index is 2.08. The number of aromatic carboxylic acids is 1. The molecule has 6 nitrogen and oxygen atoms in total. The third-order valence-electron chi connectivity index (χ3n) is 2.55. The van der Waals surface area contributed by atoms with E-state index in [2.05, 4.69) is 10.2 Å². The smallest absolute Gasteiger partial charge is 0.353 e. The Morgan fingerprint density at radius 1 is 1.33 bits per heavy atom. The van der Waals surface area contributed by atoms with Gasteiger partial charge in [0.2, 0.25) is 6.79 Å². The van der Waals surface area contributed by atoms with Crippen LogP contribution in [-0.4, -0.2) is 28.1 Å². The molecule has 0 amide bonds. The lowest BCUT2D eigenvalue weighted by Crippen LogP contribution is -1.95. The summed E-state index contributed by atoms with van der Waals surface area (Å²) in [5, 5.41) is 14.8. The van der Waals surface area contributed by atoms with E-state index in [-0.39, 0.29) is 23.7 Å². The van der Waals surface area contributed by atoms with E-state index in [1.54, 1.807) is 0 Å². The van der Waals surface area contributed by atoms with Crippen molar-refractivity contribution in [3.8, 4) is 22.8 Å². The molecule has 3 rings (SSSR count). The lowest BCUT2D eigenvalue weighted by molar-refractivity contribution is 0.0690. The zero-order valence-corrected chi connectivity index (χ0v) is 8.94. The number of hydrogen-bond donors (Lipinski definition) is 2. The van der Waals surface area contributed by atoms with Crippen molar-refractivity contribution in [2.75, 3.05) is 6.79 Å². The van der Waals surface area contributed by atoms with E-state index in [0.717, 1.165) is 0 Å². The van der Waals surface area contributed by atoms with E-state index < -0.39 is 11.8 Å². The van der Waals surface area contributed by atoms with Gasteiger partial charge in [0.05, 0.1) is 5.69 Å². The molecule has 0 aliphatic carbocycles. The average molecular weight is 250 g/mol. The monoisotopic (exact) mass is 250 g/mol. The molecule has 7 heteroatoms. The average Bonchev–Trinajstić information content (AvgIpc) is 2.94. The molecular weight excluding hydrogens is 243 g/mol. The molecule has 1 aliphatic heterocycles. The zero-order valence-electron chi connectivity index (χ0n) is 8.94. The Hall–Kier alpha value is -2.57. The van der Waals surface area contributed by atoms with Crippen LogP contribution in [-0.2, 0) is 0 Å². The first-order valence-electron chi connectivity index (χ1n) is 5.03. The van der Waals surface area contributed by atoms with Crippen LogP contribution >= 0.6 is 0 Å². The maximum Gasteiger partial charge on any atom is 0.353 e. The number of hydrogen-bond acceptors (Lipinski definition) is 4. The molecule has 0 spiro atoms. The highest BCUT2D eigenvalue weighted by atomic mass is 19.1. The van der Waals surface area contributed by atoms with Gasteiger partial charge in [0, 0.05) is 11.6 Å². The number of rotatable bonds is 2. The Morgan fingerprint density at radius 3 is 2.72 bits per heavy atom. The third-order valence-corrected chi connectivity index (χ3v) is 2.55. The van der Waals surface area contributed by atoms with E-state index in [9.17, 15) is 9.18 Å². The van der Waals surface area contributed by atoms with Crippen LogP contribution in [0, 0.1) is 5.82 Å². The molecule has 0 fully saturated rings. The second-order valence-electron chi connectivity index (χ2n) is 3.66. The van der Waals surface area contributed by atoms with E-state index in [0.29, 0.717) is 11.5 Å². The number of halogens is 1. The Bertz CT molecular complexity index is 638. The summed E-state index contributed by atoms with van der Waals surface area (Å²) in [5.74, 6) is -0.978. The molecule has 2 N–H and O–H groups in total. The fraction of sp³-hybridized carbons (Fsp3) is 0.0909. The van der Waals surface area contributed by atoms with Gasteiger partial charge < -0.3 is 14.6 Å². The summed E-state index contributed by atoms with van der Waals surface area (Å²) in [7, 11) is 0. The van der Waals surface area contributed by atoms with Gasteiger partial charge in [-0.2, -0.15) is 5.10 Å². The minimum Gasteiger partial charge on any atom is -0.477 e. The summed E-state index contributed by atoms with van der Waals surface area (Å²) in [4.78, 5) is 10.7. The molecule has 1 aromatic heterocycles. The van der Waals surface area contributed by atoms with Crippen LogP contribution in [0.15, 0.2) is 18.2 Å². The van der Waals surface area contributed by atoms with Gasteiger partial charge >= 0.3 is 5.97 Å². The molecular formula is C11H7FN2O4. The van der Waals surface area contributed by atoms with Crippen LogP contribution in [0.2, 0.25) is 0 Å². The molecule has 18 heavy (non-hydrogen) atoms. The third kappa shape index (κ3) is 1.56. The molecule has 0 atom stereocenters. The topological polar surface area (TPSA) is 84.4 Å². The Morgan fingerprint density at radius 2 is 2.06 bits per heavy atom. The summed E-state index contributed by atoms with van der Waals surface area (Å²) in [6.45, 7) is 0.0408. The van der Waals surface area contributed by atoms with Crippen molar-refractivity contribution >= 4 is 5.97 Å². The first-order chi connectivity index (χ1) is 8.65. The van der Waals surface area contributed by atoms with Gasteiger partial charge in [-0.3, -0.25) is 5.10 Å². The SMILES string of the molecule is O=C(O)c1cc(-c2cc3c(cc2F)OCO3)n[nH]1. The standard InChI is InChI=1S/C11H7FN2O4/c12-6-2-10-9(17-4-18-10)1-5(6)7-3-8(11(15)16)14-13-7/h1-3H,4H2,(H,13,14)(H,15,16). The van der Waals surface area contributed by atoms with Crippen LogP contribution in [0.4, 0.5) is 4.39 Å². The first-order valence-corrected chi connectivity index (χ1v) is 5.03. The minimum absolute atomic E-state index is 0.0408. The van der Waals surface area contributed by atoms with Crippen LogP contribution < -0.4 is 9.47 Å².